The number of benzene rings is 2. The van der Waals surface area contributed by atoms with Gasteiger partial charge in [-0.1, -0.05) is 30.9 Å². The molecule has 0 saturated heterocycles. The van der Waals surface area contributed by atoms with Gasteiger partial charge in [-0.25, -0.2) is 0 Å². The Bertz CT molecular complexity index is 558. The minimum absolute atomic E-state index is 0.732. The van der Waals surface area contributed by atoms with Crippen molar-refractivity contribution in [2.45, 2.75) is 0 Å². The second kappa shape index (κ2) is 3.42. The van der Waals surface area contributed by atoms with E-state index >= 15 is 0 Å². The van der Waals surface area contributed by atoms with Gasteiger partial charge in [0.1, 0.15) is 0 Å². The average molecular weight is 210 g/mol. The van der Waals surface area contributed by atoms with Crippen LogP contribution in [0, 0.1) is 0 Å². The van der Waals surface area contributed by atoms with Gasteiger partial charge < -0.3 is 9.47 Å². The topological polar surface area (TPSA) is 18.5 Å². The van der Waals surface area contributed by atoms with Gasteiger partial charge in [0.15, 0.2) is 23.0 Å². The van der Waals surface area contributed by atoms with Gasteiger partial charge in [-0.15, -0.1) is 0 Å². The summed E-state index contributed by atoms with van der Waals surface area (Å²) in [5.74, 6) is 2.97. The van der Waals surface area contributed by atoms with Crippen molar-refractivity contribution in [2.75, 3.05) is 0 Å². The first-order valence-electron chi connectivity index (χ1n) is 5.08. The largest absolute Gasteiger partial charge is 0.450 e. The smallest absolute Gasteiger partial charge is 0.170 e. The molecule has 0 spiro atoms. The minimum atomic E-state index is 0.732. The standard InChI is InChI=1S/C14H10O2/c1-2-10-7-8-13-14(9-10)16-12-6-4-3-5-11(12)15-13/h2-9H,1H2. The fourth-order valence-electron chi connectivity index (χ4n) is 1.67. The lowest BCUT2D eigenvalue weighted by Crippen LogP contribution is -1.98. The van der Waals surface area contributed by atoms with Crippen LogP contribution >= 0.6 is 0 Å². The van der Waals surface area contributed by atoms with Gasteiger partial charge >= 0.3 is 0 Å². The summed E-state index contributed by atoms with van der Waals surface area (Å²) in [5.41, 5.74) is 1.02. The van der Waals surface area contributed by atoms with Crippen LogP contribution in [0.3, 0.4) is 0 Å². The van der Waals surface area contributed by atoms with E-state index in [4.69, 9.17) is 9.47 Å². The second-order valence-corrected chi connectivity index (χ2v) is 3.56. The maximum absolute atomic E-state index is 5.75. The van der Waals surface area contributed by atoms with Gasteiger partial charge in [-0.3, -0.25) is 0 Å². The Kier molecular flexibility index (Phi) is 1.93. The molecular weight excluding hydrogens is 200 g/mol. The van der Waals surface area contributed by atoms with Gasteiger partial charge in [0.05, 0.1) is 0 Å². The molecule has 2 heteroatoms. The second-order valence-electron chi connectivity index (χ2n) is 3.56. The number of hydrogen-bond acceptors (Lipinski definition) is 2. The van der Waals surface area contributed by atoms with E-state index in [1.54, 1.807) is 6.08 Å². The van der Waals surface area contributed by atoms with E-state index in [1.807, 2.05) is 42.5 Å². The fourth-order valence-corrected chi connectivity index (χ4v) is 1.67. The number of fused-ring (bicyclic) bond motifs is 2. The summed E-state index contributed by atoms with van der Waals surface area (Å²) in [6.45, 7) is 3.73. The molecule has 1 aliphatic rings. The monoisotopic (exact) mass is 210 g/mol. The third-order valence-electron chi connectivity index (χ3n) is 2.49. The lowest BCUT2D eigenvalue weighted by atomic mass is 10.2. The molecule has 0 atom stereocenters. The lowest BCUT2D eigenvalue weighted by molar-refractivity contribution is 0.359. The Morgan fingerprint density at radius 2 is 1.44 bits per heavy atom. The first kappa shape index (κ1) is 9.04. The highest BCUT2D eigenvalue weighted by atomic mass is 16.6. The number of para-hydroxylation sites is 2. The molecular formula is C14H10O2. The third kappa shape index (κ3) is 1.36. The Balaban J connectivity index is 2.08. The maximum atomic E-state index is 5.75. The minimum Gasteiger partial charge on any atom is -0.450 e. The molecule has 0 aromatic heterocycles. The molecule has 0 unspecified atom stereocenters. The highest BCUT2D eigenvalue weighted by Gasteiger charge is 2.17. The predicted molar refractivity (Wildman–Crippen MR) is 63.1 cm³/mol. The van der Waals surface area contributed by atoms with Gasteiger partial charge in [0.2, 0.25) is 0 Å². The highest BCUT2D eigenvalue weighted by Crippen LogP contribution is 2.45. The molecule has 0 radical (unpaired) electrons. The number of ether oxygens (including phenoxy) is 2. The summed E-state index contributed by atoms with van der Waals surface area (Å²) in [6, 6.07) is 13.4. The third-order valence-corrected chi connectivity index (χ3v) is 2.49. The fraction of sp³-hybridized carbons (Fsp3) is 0. The molecule has 1 aliphatic heterocycles. The van der Waals surface area contributed by atoms with Gasteiger partial charge in [-0.05, 0) is 29.8 Å². The first-order chi connectivity index (χ1) is 7.86. The van der Waals surface area contributed by atoms with E-state index in [0.717, 1.165) is 28.6 Å². The van der Waals surface area contributed by atoms with Gasteiger partial charge in [-0.2, -0.15) is 0 Å². The molecule has 0 bridgehead atoms. The van der Waals surface area contributed by atoms with Crippen molar-refractivity contribution < 1.29 is 9.47 Å². The van der Waals surface area contributed by atoms with Crippen LogP contribution in [0.4, 0.5) is 0 Å². The summed E-state index contributed by atoms with van der Waals surface area (Å²) in [6.07, 6.45) is 1.78. The van der Waals surface area contributed by atoms with Crippen molar-refractivity contribution in [3.8, 4) is 23.0 Å². The SMILES string of the molecule is C=Cc1ccc2c(c1)Oc1ccccc1O2. The molecule has 2 aromatic carbocycles. The van der Waals surface area contributed by atoms with E-state index in [2.05, 4.69) is 6.58 Å². The van der Waals surface area contributed by atoms with Crippen LogP contribution in [0.15, 0.2) is 49.0 Å². The van der Waals surface area contributed by atoms with Gasteiger partial charge in [0, 0.05) is 0 Å². The quantitative estimate of drug-likeness (QED) is 0.598. The molecule has 1 heterocycles. The average Bonchev–Trinajstić information content (AvgIpc) is 2.35. The maximum Gasteiger partial charge on any atom is 0.170 e. The van der Waals surface area contributed by atoms with Crippen molar-refractivity contribution >= 4 is 6.08 Å². The summed E-state index contributed by atoms with van der Waals surface area (Å²) in [5, 5.41) is 0. The van der Waals surface area contributed by atoms with E-state index in [0.29, 0.717) is 0 Å². The molecule has 0 amide bonds. The van der Waals surface area contributed by atoms with Crippen LogP contribution in [-0.2, 0) is 0 Å². The van der Waals surface area contributed by atoms with Crippen molar-refractivity contribution in [3.63, 3.8) is 0 Å². The zero-order valence-electron chi connectivity index (χ0n) is 8.64. The number of rotatable bonds is 1. The summed E-state index contributed by atoms with van der Waals surface area (Å²) < 4.78 is 11.5. The van der Waals surface area contributed by atoms with Crippen LogP contribution < -0.4 is 9.47 Å². The van der Waals surface area contributed by atoms with Crippen molar-refractivity contribution in [2.24, 2.45) is 0 Å². The van der Waals surface area contributed by atoms with Crippen LogP contribution in [0.5, 0.6) is 23.0 Å². The summed E-state index contributed by atoms with van der Waals surface area (Å²) in [4.78, 5) is 0. The molecule has 0 N–H and O–H groups in total. The Hall–Kier alpha value is -2.22. The highest BCUT2D eigenvalue weighted by molar-refractivity contribution is 5.59. The Morgan fingerprint density at radius 1 is 0.812 bits per heavy atom. The molecule has 2 nitrogen and oxygen atoms in total. The zero-order valence-corrected chi connectivity index (χ0v) is 8.64. The lowest BCUT2D eigenvalue weighted by Gasteiger charge is -2.20. The van der Waals surface area contributed by atoms with Crippen LogP contribution in [0.2, 0.25) is 0 Å². The Labute approximate surface area is 93.8 Å². The van der Waals surface area contributed by atoms with Crippen LogP contribution in [-0.4, -0.2) is 0 Å². The van der Waals surface area contributed by atoms with Crippen LogP contribution in [0.25, 0.3) is 6.08 Å². The first-order valence-corrected chi connectivity index (χ1v) is 5.08. The van der Waals surface area contributed by atoms with E-state index < -0.39 is 0 Å². The van der Waals surface area contributed by atoms with E-state index in [1.165, 1.54) is 0 Å². The van der Waals surface area contributed by atoms with Crippen LogP contribution in [0.1, 0.15) is 5.56 Å². The van der Waals surface area contributed by atoms with Crippen molar-refractivity contribution in [1.29, 1.82) is 0 Å². The molecule has 78 valence electrons. The zero-order chi connectivity index (χ0) is 11.0. The molecule has 3 rings (SSSR count). The van der Waals surface area contributed by atoms with E-state index in [-0.39, 0.29) is 0 Å². The number of hydrogen-bond donors (Lipinski definition) is 0. The molecule has 16 heavy (non-hydrogen) atoms. The predicted octanol–water partition coefficient (Wildman–Crippen LogP) is 4.23. The van der Waals surface area contributed by atoms with E-state index in [9.17, 15) is 0 Å². The summed E-state index contributed by atoms with van der Waals surface area (Å²) >= 11 is 0. The summed E-state index contributed by atoms with van der Waals surface area (Å²) in [7, 11) is 0. The molecule has 2 aromatic rings. The normalized spacial score (nSPS) is 11.8. The molecule has 0 saturated carbocycles. The molecule has 0 aliphatic carbocycles. The molecule has 0 fully saturated rings. The van der Waals surface area contributed by atoms with Gasteiger partial charge in [0.25, 0.3) is 0 Å². The Morgan fingerprint density at radius 3 is 2.12 bits per heavy atom. The van der Waals surface area contributed by atoms with Crippen molar-refractivity contribution in [1.82, 2.24) is 0 Å². The van der Waals surface area contributed by atoms with Crippen molar-refractivity contribution in [3.05, 3.63) is 54.6 Å².